The van der Waals surface area contributed by atoms with Gasteiger partial charge in [-0.1, -0.05) is 6.92 Å². The minimum absolute atomic E-state index is 0.0640. The Labute approximate surface area is 133 Å². The zero-order valence-electron chi connectivity index (χ0n) is 13.9. The maximum atomic E-state index is 6.00. The second-order valence-corrected chi connectivity index (χ2v) is 7.71. The third-order valence-electron chi connectivity index (χ3n) is 4.34. The van der Waals surface area contributed by atoms with Crippen molar-refractivity contribution in [2.45, 2.75) is 70.7 Å². The molecule has 3 nitrogen and oxygen atoms in total. The highest BCUT2D eigenvalue weighted by Gasteiger charge is 2.50. The van der Waals surface area contributed by atoms with E-state index in [0.717, 1.165) is 42.2 Å². The molecule has 118 valence electrons. The fourth-order valence-electron chi connectivity index (χ4n) is 2.30. The number of hydrogen-bond acceptors (Lipinski definition) is 4. The molecule has 1 saturated heterocycles. The van der Waals surface area contributed by atoms with E-state index in [1.165, 1.54) is 0 Å². The predicted octanol–water partition coefficient (Wildman–Crippen LogP) is 4.56. The lowest BCUT2D eigenvalue weighted by atomic mass is 9.83. The van der Waals surface area contributed by atoms with Crippen molar-refractivity contribution in [1.82, 2.24) is 0 Å². The van der Waals surface area contributed by atoms with Crippen LogP contribution in [-0.4, -0.2) is 24.1 Å². The molecule has 1 fully saturated rings. The molecule has 0 bridgehead atoms. The Kier molecular flexibility index (Phi) is 5.50. The van der Waals surface area contributed by atoms with Crippen LogP contribution in [-0.2, 0) is 21.5 Å². The summed E-state index contributed by atoms with van der Waals surface area (Å²) in [4.78, 5) is 0. The fourth-order valence-corrected chi connectivity index (χ4v) is 3.17. The summed E-state index contributed by atoms with van der Waals surface area (Å²) in [6.45, 7) is 10.5. The summed E-state index contributed by atoms with van der Waals surface area (Å²) in [5.41, 5.74) is -0.426. The van der Waals surface area contributed by atoms with Gasteiger partial charge in [-0.3, -0.25) is 0 Å². The number of thioether (sulfide) groups is 1. The van der Waals surface area contributed by atoms with Crippen LogP contribution in [0, 0.1) is 0 Å². The Hall–Kier alpha value is -0.385. The minimum Gasteiger partial charge on any atom is -0.465 e. The molecule has 0 aromatic carbocycles. The number of aryl methyl sites for hydroxylation is 1. The quantitative estimate of drug-likeness (QED) is 0.546. The highest BCUT2D eigenvalue weighted by molar-refractivity contribution is 7.98. The maximum Gasteiger partial charge on any atom is 0.457 e. The molecule has 1 aromatic heterocycles. The molecule has 2 heterocycles. The highest BCUT2D eigenvalue weighted by Crippen LogP contribution is 2.38. The first-order valence-electron chi connectivity index (χ1n) is 7.85. The zero-order valence-corrected chi connectivity index (χ0v) is 14.7. The molecular formula is C16H27BO3S. The van der Waals surface area contributed by atoms with Gasteiger partial charge in [0.1, 0.15) is 11.5 Å². The lowest BCUT2D eigenvalue weighted by molar-refractivity contribution is 0.00578. The molecule has 1 aliphatic rings. The van der Waals surface area contributed by atoms with Crippen molar-refractivity contribution in [2.75, 3.05) is 5.75 Å². The molecule has 5 heteroatoms. The van der Waals surface area contributed by atoms with Gasteiger partial charge >= 0.3 is 7.12 Å². The molecule has 1 aromatic rings. The van der Waals surface area contributed by atoms with Crippen molar-refractivity contribution in [2.24, 2.45) is 0 Å². The van der Waals surface area contributed by atoms with Crippen LogP contribution in [0.2, 0.25) is 6.32 Å². The van der Waals surface area contributed by atoms with Crippen molar-refractivity contribution in [3.8, 4) is 0 Å². The molecule has 0 amide bonds. The zero-order chi connectivity index (χ0) is 15.5. The summed E-state index contributed by atoms with van der Waals surface area (Å²) in [5, 5.41) is 0. The van der Waals surface area contributed by atoms with Crippen molar-refractivity contribution in [3.63, 3.8) is 0 Å². The van der Waals surface area contributed by atoms with E-state index >= 15 is 0 Å². The van der Waals surface area contributed by atoms with E-state index in [1.807, 2.05) is 11.8 Å². The van der Waals surface area contributed by atoms with E-state index in [1.54, 1.807) is 0 Å². The molecule has 2 rings (SSSR count). The van der Waals surface area contributed by atoms with Gasteiger partial charge in [-0.15, -0.1) is 0 Å². The lowest BCUT2D eigenvalue weighted by Gasteiger charge is -2.32. The topological polar surface area (TPSA) is 31.6 Å². The van der Waals surface area contributed by atoms with Gasteiger partial charge in [0.25, 0.3) is 0 Å². The SMILES string of the molecule is CCc1ccc(CSCCCB2OC(C)(C)C(C)(C)O2)o1. The number of hydrogen-bond donors (Lipinski definition) is 0. The van der Waals surface area contributed by atoms with Crippen LogP contribution in [0.25, 0.3) is 0 Å². The third-order valence-corrected chi connectivity index (χ3v) is 5.41. The summed E-state index contributed by atoms with van der Waals surface area (Å²) in [6, 6.07) is 4.15. The van der Waals surface area contributed by atoms with Gasteiger partial charge in [0.2, 0.25) is 0 Å². The van der Waals surface area contributed by atoms with Crippen molar-refractivity contribution >= 4 is 18.9 Å². The minimum atomic E-state index is -0.213. The summed E-state index contributed by atoms with van der Waals surface area (Å²) in [5.74, 6) is 4.20. The van der Waals surface area contributed by atoms with Crippen LogP contribution < -0.4 is 0 Å². The van der Waals surface area contributed by atoms with E-state index in [4.69, 9.17) is 13.7 Å². The Morgan fingerprint density at radius 3 is 2.24 bits per heavy atom. The predicted molar refractivity (Wildman–Crippen MR) is 89.8 cm³/mol. The summed E-state index contributed by atoms with van der Waals surface area (Å²) in [7, 11) is -0.0640. The molecular weight excluding hydrogens is 283 g/mol. The van der Waals surface area contributed by atoms with Crippen molar-refractivity contribution in [1.29, 1.82) is 0 Å². The van der Waals surface area contributed by atoms with Gasteiger partial charge in [-0.2, -0.15) is 11.8 Å². The first-order chi connectivity index (χ1) is 9.84. The van der Waals surface area contributed by atoms with Crippen LogP contribution in [0.5, 0.6) is 0 Å². The third kappa shape index (κ3) is 4.30. The largest absolute Gasteiger partial charge is 0.465 e. The van der Waals surface area contributed by atoms with E-state index in [-0.39, 0.29) is 18.3 Å². The lowest BCUT2D eigenvalue weighted by Crippen LogP contribution is -2.41. The van der Waals surface area contributed by atoms with Gasteiger partial charge in [-0.05, 0) is 58.3 Å². The first-order valence-corrected chi connectivity index (χ1v) is 9.00. The second kappa shape index (κ2) is 6.80. The van der Waals surface area contributed by atoms with Crippen molar-refractivity contribution in [3.05, 3.63) is 23.7 Å². The van der Waals surface area contributed by atoms with E-state index in [0.29, 0.717) is 0 Å². The average Bonchev–Trinajstić information content (AvgIpc) is 2.92. The van der Waals surface area contributed by atoms with Crippen LogP contribution in [0.1, 0.15) is 52.6 Å². The monoisotopic (exact) mass is 310 g/mol. The van der Waals surface area contributed by atoms with Gasteiger partial charge in [0.15, 0.2) is 0 Å². The molecule has 0 saturated carbocycles. The highest BCUT2D eigenvalue weighted by atomic mass is 32.2. The molecule has 0 aliphatic carbocycles. The smallest absolute Gasteiger partial charge is 0.457 e. The normalized spacial score (nSPS) is 20.1. The van der Waals surface area contributed by atoms with Crippen LogP contribution in [0.4, 0.5) is 0 Å². The Balaban J connectivity index is 1.62. The maximum absolute atomic E-state index is 6.00. The van der Waals surface area contributed by atoms with E-state index in [2.05, 4.69) is 46.8 Å². The van der Waals surface area contributed by atoms with Gasteiger partial charge in [0, 0.05) is 6.42 Å². The molecule has 1 aliphatic heterocycles. The number of rotatable bonds is 7. The van der Waals surface area contributed by atoms with Crippen LogP contribution in [0.15, 0.2) is 16.5 Å². The van der Waals surface area contributed by atoms with Crippen LogP contribution >= 0.6 is 11.8 Å². The van der Waals surface area contributed by atoms with E-state index in [9.17, 15) is 0 Å². The summed E-state index contributed by atoms with van der Waals surface area (Å²) < 4.78 is 17.7. The standard InChI is InChI=1S/C16H27BO3S/c1-6-13-8-9-14(18-13)12-21-11-7-10-17-19-15(2,3)16(4,5)20-17/h8-9H,6-7,10-12H2,1-5H3. The van der Waals surface area contributed by atoms with Gasteiger partial charge in [-0.25, -0.2) is 0 Å². The molecule has 0 unspecified atom stereocenters. The Morgan fingerprint density at radius 1 is 1.05 bits per heavy atom. The Bertz CT molecular complexity index is 440. The average molecular weight is 310 g/mol. The van der Waals surface area contributed by atoms with E-state index < -0.39 is 0 Å². The van der Waals surface area contributed by atoms with Crippen LogP contribution in [0.3, 0.4) is 0 Å². The number of furan rings is 1. The molecule has 21 heavy (non-hydrogen) atoms. The second-order valence-electron chi connectivity index (χ2n) is 6.60. The first kappa shape index (κ1) is 17.0. The van der Waals surface area contributed by atoms with Gasteiger partial charge in [0.05, 0.1) is 17.0 Å². The molecule has 0 N–H and O–H groups in total. The summed E-state index contributed by atoms with van der Waals surface area (Å²) in [6.07, 6.45) is 3.02. The van der Waals surface area contributed by atoms with Gasteiger partial charge < -0.3 is 13.7 Å². The van der Waals surface area contributed by atoms with Crippen molar-refractivity contribution < 1.29 is 13.7 Å². The fraction of sp³-hybridized carbons (Fsp3) is 0.750. The molecule has 0 atom stereocenters. The molecule has 0 radical (unpaired) electrons. The Morgan fingerprint density at radius 2 is 1.67 bits per heavy atom. The molecule has 0 spiro atoms. The summed E-state index contributed by atoms with van der Waals surface area (Å²) >= 11 is 1.91.